The van der Waals surface area contributed by atoms with E-state index < -0.39 is 34.0 Å². The molecule has 4 heterocycles. The first kappa shape index (κ1) is 34.1. The van der Waals surface area contributed by atoms with Crippen molar-refractivity contribution in [2.45, 2.75) is 75.4 Å². The lowest BCUT2D eigenvalue weighted by Crippen LogP contribution is -2.51. The highest BCUT2D eigenvalue weighted by atomic mass is 35.5. The number of amides is 2. The molecule has 2 fully saturated rings. The van der Waals surface area contributed by atoms with Crippen molar-refractivity contribution in [3.63, 3.8) is 0 Å². The van der Waals surface area contributed by atoms with Gasteiger partial charge in [0.2, 0.25) is 21.8 Å². The number of nitrogens with one attached hydrogen (secondary N) is 1. The molecule has 0 unspecified atom stereocenters. The van der Waals surface area contributed by atoms with Gasteiger partial charge in [0.05, 0.1) is 23.7 Å². The lowest BCUT2D eigenvalue weighted by Gasteiger charge is -2.33. The van der Waals surface area contributed by atoms with Crippen molar-refractivity contribution in [3.8, 4) is 0 Å². The molecule has 0 radical (unpaired) electrons. The number of fused-ring (bicyclic) bond motifs is 1. The van der Waals surface area contributed by atoms with Crippen molar-refractivity contribution in [1.82, 2.24) is 29.1 Å². The van der Waals surface area contributed by atoms with Gasteiger partial charge in [0.1, 0.15) is 23.4 Å². The zero-order valence-corrected chi connectivity index (χ0v) is 28.2. The van der Waals surface area contributed by atoms with Crippen LogP contribution in [0.4, 0.5) is 0 Å². The van der Waals surface area contributed by atoms with Crippen LogP contribution in [0.5, 0.6) is 0 Å². The van der Waals surface area contributed by atoms with E-state index in [1.165, 1.54) is 25.3 Å². The number of carbonyl (C=O) groups is 3. The molecule has 46 heavy (non-hydrogen) atoms. The molecule has 2 amide bonds. The fourth-order valence-electron chi connectivity index (χ4n) is 6.32. The third-order valence-corrected chi connectivity index (χ3v) is 11.1. The molecular weight excluding hydrogens is 655 g/mol. The Morgan fingerprint density at radius 1 is 1.09 bits per heavy atom. The summed E-state index contributed by atoms with van der Waals surface area (Å²) in [7, 11) is -2.90. The highest BCUT2D eigenvalue weighted by Gasteiger charge is 2.41. The molecule has 0 aliphatic carbocycles. The van der Waals surface area contributed by atoms with Gasteiger partial charge in [0, 0.05) is 55.3 Å². The van der Waals surface area contributed by atoms with Crippen LogP contribution in [0, 0.1) is 5.92 Å². The molecule has 2 aliphatic heterocycles. The van der Waals surface area contributed by atoms with Crippen LogP contribution in [0.2, 0.25) is 10.0 Å². The molecular formula is C31H38Cl2N6O6S. The van der Waals surface area contributed by atoms with Gasteiger partial charge in [-0.25, -0.2) is 18.2 Å². The van der Waals surface area contributed by atoms with E-state index in [0.29, 0.717) is 25.4 Å². The van der Waals surface area contributed by atoms with Crippen LogP contribution in [-0.2, 0) is 42.1 Å². The standard InChI is InChI=1S/C31H38Cl2N6O6S/c1-3-28-35-25-18-34-11-8-26(25)38(28)19-20-9-13-37(14-10-20)29(40)7-6-24(31(42)45-2)36-30(41)27-5-4-12-39(27)46(43,44)23-16-21(32)15-22(33)17-23/h8,11,15-18,20,24,27H,3-7,9-10,12-14,19H2,1-2H3,(H,36,41)/t24-,27-/m0/s1. The number of esters is 1. The van der Waals surface area contributed by atoms with E-state index in [0.717, 1.165) is 47.0 Å². The van der Waals surface area contributed by atoms with Crippen LogP contribution in [-0.4, -0.2) is 88.8 Å². The van der Waals surface area contributed by atoms with Gasteiger partial charge in [0.25, 0.3) is 0 Å². The normalized spacial score (nSPS) is 18.5. The van der Waals surface area contributed by atoms with E-state index in [4.69, 9.17) is 32.9 Å². The third kappa shape index (κ3) is 7.48. The summed E-state index contributed by atoms with van der Waals surface area (Å²) in [6.45, 7) is 4.21. The Morgan fingerprint density at radius 2 is 1.80 bits per heavy atom. The maximum Gasteiger partial charge on any atom is 0.328 e. The second-order valence-corrected chi connectivity index (χ2v) is 14.4. The third-order valence-electron chi connectivity index (χ3n) is 8.75. The average Bonchev–Trinajstić information content (AvgIpc) is 3.68. The molecule has 2 aromatic heterocycles. The number of rotatable bonds is 11. The van der Waals surface area contributed by atoms with Crippen molar-refractivity contribution in [2.75, 3.05) is 26.7 Å². The van der Waals surface area contributed by atoms with Crippen molar-refractivity contribution in [2.24, 2.45) is 5.92 Å². The number of piperidine rings is 1. The summed E-state index contributed by atoms with van der Waals surface area (Å²) >= 11 is 12.1. The number of hydrogen-bond donors (Lipinski definition) is 1. The largest absolute Gasteiger partial charge is 0.467 e. The number of methoxy groups -OCH3 is 1. The smallest absolute Gasteiger partial charge is 0.328 e. The molecule has 248 valence electrons. The number of likely N-dealkylation sites (tertiary alicyclic amines) is 1. The van der Waals surface area contributed by atoms with E-state index in [-0.39, 0.29) is 46.7 Å². The highest BCUT2D eigenvalue weighted by Crippen LogP contribution is 2.30. The summed E-state index contributed by atoms with van der Waals surface area (Å²) in [6, 6.07) is 3.81. The zero-order valence-electron chi connectivity index (χ0n) is 25.8. The van der Waals surface area contributed by atoms with Crippen molar-refractivity contribution in [3.05, 3.63) is 52.5 Å². The zero-order chi connectivity index (χ0) is 33.0. The summed E-state index contributed by atoms with van der Waals surface area (Å²) in [5.41, 5.74) is 1.95. The summed E-state index contributed by atoms with van der Waals surface area (Å²) in [6.07, 6.45) is 6.81. The fourth-order valence-corrected chi connectivity index (χ4v) is 8.70. The highest BCUT2D eigenvalue weighted by molar-refractivity contribution is 7.89. The average molecular weight is 694 g/mol. The lowest BCUT2D eigenvalue weighted by atomic mass is 9.96. The molecule has 2 saturated heterocycles. The van der Waals surface area contributed by atoms with Crippen LogP contribution < -0.4 is 5.32 Å². The maximum atomic E-state index is 13.4. The number of halogens is 2. The van der Waals surface area contributed by atoms with Crippen LogP contribution in [0.1, 0.15) is 51.3 Å². The molecule has 0 bridgehead atoms. The topological polar surface area (TPSA) is 144 Å². The molecule has 3 aromatic rings. The van der Waals surface area contributed by atoms with Gasteiger partial charge in [-0.15, -0.1) is 0 Å². The number of carbonyl (C=O) groups excluding carboxylic acids is 3. The Kier molecular flexibility index (Phi) is 10.9. The number of pyridine rings is 1. The molecule has 2 atom stereocenters. The van der Waals surface area contributed by atoms with Gasteiger partial charge in [-0.2, -0.15) is 4.31 Å². The van der Waals surface area contributed by atoms with Gasteiger partial charge < -0.3 is 19.5 Å². The number of imidazole rings is 1. The van der Waals surface area contributed by atoms with Gasteiger partial charge >= 0.3 is 5.97 Å². The molecule has 5 rings (SSSR count). The SMILES string of the molecule is CCc1nc2cnccc2n1CC1CCN(C(=O)CC[C@H](NC(=O)[C@@H]2CCCN2S(=O)(=O)c2cc(Cl)cc(Cl)c2)C(=O)OC)CC1. The first-order valence-corrected chi connectivity index (χ1v) is 17.6. The van der Waals surface area contributed by atoms with Crippen LogP contribution in [0.25, 0.3) is 11.0 Å². The van der Waals surface area contributed by atoms with E-state index in [1.807, 2.05) is 6.07 Å². The summed E-state index contributed by atoms with van der Waals surface area (Å²) < 4.78 is 35.1. The lowest BCUT2D eigenvalue weighted by molar-refractivity contribution is -0.146. The molecule has 15 heteroatoms. The Labute approximate surface area is 278 Å². The Bertz CT molecular complexity index is 1690. The summed E-state index contributed by atoms with van der Waals surface area (Å²) in [5.74, 6) is -0.0476. The van der Waals surface area contributed by atoms with Gasteiger partial charge in [-0.1, -0.05) is 30.1 Å². The molecule has 0 spiro atoms. The minimum Gasteiger partial charge on any atom is -0.467 e. The van der Waals surface area contributed by atoms with Crippen LogP contribution >= 0.6 is 23.2 Å². The fraction of sp³-hybridized carbons (Fsp3) is 0.516. The van der Waals surface area contributed by atoms with E-state index in [1.54, 1.807) is 17.3 Å². The van der Waals surface area contributed by atoms with Crippen molar-refractivity contribution < 1.29 is 27.5 Å². The van der Waals surface area contributed by atoms with Crippen molar-refractivity contribution in [1.29, 1.82) is 0 Å². The van der Waals surface area contributed by atoms with E-state index in [9.17, 15) is 22.8 Å². The predicted octanol–water partition coefficient (Wildman–Crippen LogP) is 3.83. The summed E-state index contributed by atoms with van der Waals surface area (Å²) in [4.78, 5) is 49.7. The van der Waals surface area contributed by atoms with Gasteiger partial charge in [-0.05, 0) is 62.3 Å². The minimum atomic E-state index is -4.10. The number of sulfonamides is 1. The second-order valence-electron chi connectivity index (χ2n) is 11.7. The van der Waals surface area contributed by atoms with E-state index in [2.05, 4.69) is 21.8 Å². The monoisotopic (exact) mass is 692 g/mol. The number of hydrogen-bond acceptors (Lipinski definition) is 8. The minimum absolute atomic E-state index is 0.0233. The first-order chi connectivity index (χ1) is 22.0. The van der Waals surface area contributed by atoms with Gasteiger partial charge in [0.15, 0.2) is 0 Å². The maximum absolute atomic E-state index is 13.4. The van der Waals surface area contributed by atoms with E-state index >= 15 is 0 Å². The quantitative estimate of drug-likeness (QED) is 0.299. The number of benzene rings is 1. The van der Waals surface area contributed by atoms with Gasteiger partial charge in [-0.3, -0.25) is 14.6 Å². The number of aromatic nitrogens is 3. The Balaban J connectivity index is 1.16. The van der Waals surface area contributed by atoms with Crippen LogP contribution in [0.3, 0.4) is 0 Å². The molecule has 1 N–H and O–H groups in total. The first-order valence-electron chi connectivity index (χ1n) is 15.4. The Hall–Kier alpha value is -3.26. The van der Waals surface area contributed by atoms with Crippen LogP contribution in [0.15, 0.2) is 41.6 Å². The Morgan fingerprint density at radius 3 is 2.48 bits per heavy atom. The second kappa shape index (κ2) is 14.7. The molecule has 12 nitrogen and oxygen atoms in total. The molecule has 1 aromatic carbocycles. The summed E-state index contributed by atoms with van der Waals surface area (Å²) in [5, 5.41) is 2.95. The molecule has 0 saturated carbocycles. The predicted molar refractivity (Wildman–Crippen MR) is 173 cm³/mol. The number of aryl methyl sites for hydroxylation is 1. The van der Waals surface area contributed by atoms with Crippen molar-refractivity contribution >= 4 is 62.0 Å². The number of ether oxygens (including phenoxy) is 1. The number of nitrogens with zero attached hydrogens (tertiary/aromatic N) is 5. The molecule has 2 aliphatic rings.